The van der Waals surface area contributed by atoms with Gasteiger partial charge < -0.3 is 15.0 Å². The van der Waals surface area contributed by atoms with Crippen LogP contribution in [0.25, 0.3) is 0 Å². The maximum Gasteiger partial charge on any atom is 0.325 e. The molecular weight excluding hydrogens is 367 g/mol. The molecule has 0 aromatic heterocycles. The van der Waals surface area contributed by atoms with Crippen molar-refractivity contribution in [1.29, 1.82) is 0 Å². The summed E-state index contributed by atoms with van der Waals surface area (Å²) in [5.74, 6) is -0.909. The van der Waals surface area contributed by atoms with E-state index < -0.39 is 11.9 Å². The molecule has 1 aromatic carbocycles. The van der Waals surface area contributed by atoms with Crippen molar-refractivity contribution < 1.29 is 19.1 Å². The van der Waals surface area contributed by atoms with E-state index in [1.807, 2.05) is 0 Å². The Morgan fingerprint density at radius 2 is 2.04 bits per heavy atom. The van der Waals surface area contributed by atoms with Gasteiger partial charge in [-0.3, -0.25) is 14.4 Å². The third-order valence-electron chi connectivity index (χ3n) is 3.94. The number of likely N-dealkylation sites (tertiary alicyclic amines) is 1. The second-order valence-electron chi connectivity index (χ2n) is 6.06. The molecule has 0 saturated carbocycles. The summed E-state index contributed by atoms with van der Waals surface area (Å²) in [4.78, 5) is 37.4. The van der Waals surface area contributed by atoms with Crippen molar-refractivity contribution in [3.8, 4) is 0 Å². The van der Waals surface area contributed by atoms with Crippen LogP contribution in [-0.2, 0) is 14.3 Å². The number of esters is 1. The van der Waals surface area contributed by atoms with Gasteiger partial charge in [-0.1, -0.05) is 30.1 Å². The summed E-state index contributed by atoms with van der Waals surface area (Å²) in [6, 6.07) is 4.40. The summed E-state index contributed by atoms with van der Waals surface area (Å²) in [5.41, 5.74) is 0.278. The van der Waals surface area contributed by atoms with Crippen LogP contribution in [0.5, 0.6) is 0 Å². The summed E-state index contributed by atoms with van der Waals surface area (Å²) < 4.78 is 4.93. The van der Waals surface area contributed by atoms with Crippen molar-refractivity contribution >= 4 is 41.0 Å². The highest BCUT2D eigenvalue weighted by Crippen LogP contribution is 2.22. The van der Waals surface area contributed by atoms with E-state index in [2.05, 4.69) is 12.2 Å². The quantitative estimate of drug-likeness (QED) is 0.788. The summed E-state index contributed by atoms with van der Waals surface area (Å²) in [6.07, 6.45) is 2.06. The average molecular weight is 387 g/mol. The minimum absolute atomic E-state index is 0.212. The van der Waals surface area contributed by atoms with E-state index in [4.69, 9.17) is 27.9 Å². The molecule has 2 rings (SSSR count). The van der Waals surface area contributed by atoms with Crippen molar-refractivity contribution in [3.63, 3.8) is 0 Å². The zero-order chi connectivity index (χ0) is 18.4. The monoisotopic (exact) mass is 386 g/mol. The van der Waals surface area contributed by atoms with Gasteiger partial charge in [0, 0.05) is 18.7 Å². The molecule has 6 nitrogen and oxygen atoms in total. The largest absolute Gasteiger partial charge is 0.454 e. The highest BCUT2D eigenvalue weighted by atomic mass is 35.5. The van der Waals surface area contributed by atoms with Gasteiger partial charge in [-0.15, -0.1) is 0 Å². The number of nitrogens with one attached hydrogen (secondary N) is 1. The molecule has 0 bridgehead atoms. The van der Waals surface area contributed by atoms with Gasteiger partial charge >= 0.3 is 5.97 Å². The van der Waals surface area contributed by atoms with Gasteiger partial charge in [0.05, 0.1) is 10.0 Å². The van der Waals surface area contributed by atoms with Crippen LogP contribution >= 0.6 is 23.2 Å². The van der Waals surface area contributed by atoms with Gasteiger partial charge in [-0.05, 0) is 37.0 Å². The molecule has 25 heavy (non-hydrogen) atoms. The lowest BCUT2D eigenvalue weighted by Crippen LogP contribution is -2.42. The number of carbonyl (C=O) groups excluding carboxylic acids is 3. The van der Waals surface area contributed by atoms with Crippen LogP contribution in [0.1, 0.15) is 30.1 Å². The SMILES string of the molecule is C[C@@H]1CCCN(C(=O)COC(=O)CNC(=O)c2ccc(Cl)c(Cl)c2)C1. The second-order valence-corrected chi connectivity index (χ2v) is 6.87. The van der Waals surface area contributed by atoms with Crippen molar-refractivity contribution in [2.75, 3.05) is 26.2 Å². The number of hydrogen-bond acceptors (Lipinski definition) is 4. The highest BCUT2D eigenvalue weighted by Gasteiger charge is 2.21. The van der Waals surface area contributed by atoms with Gasteiger partial charge in [0.25, 0.3) is 11.8 Å². The number of hydrogen-bond donors (Lipinski definition) is 1. The van der Waals surface area contributed by atoms with Crippen LogP contribution in [-0.4, -0.2) is 48.9 Å². The third-order valence-corrected chi connectivity index (χ3v) is 4.68. The Morgan fingerprint density at radius 1 is 1.28 bits per heavy atom. The lowest BCUT2D eigenvalue weighted by atomic mass is 10.0. The van der Waals surface area contributed by atoms with Crippen LogP contribution in [0.4, 0.5) is 0 Å². The Labute approximate surface area is 156 Å². The third kappa shape index (κ3) is 5.90. The van der Waals surface area contributed by atoms with Crippen LogP contribution in [0.15, 0.2) is 18.2 Å². The first-order chi connectivity index (χ1) is 11.9. The number of carbonyl (C=O) groups is 3. The van der Waals surface area contributed by atoms with E-state index in [0.717, 1.165) is 12.8 Å². The summed E-state index contributed by atoms with van der Waals surface area (Å²) in [7, 11) is 0. The number of nitrogens with zero attached hydrogens (tertiary/aromatic N) is 1. The smallest absolute Gasteiger partial charge is 0.325 e. The molecule has 1 saturated heterocycles. The Balaban J connectivity index is 1.73. The van der Waals surface area contributed by atoms with E-state index in [9.17, 15) is 14.4 Å². The number of ether oxygens (including phenoxy) is 1. The molecule has 136 valence electrons. The highest BCUT2D eigenvalue weighted by molar-refractivity contribution is 6.42. The predicted octanol–water partition coefficient (Wildman–Crippen LogP) is 2.52. The van der Waals surface area contributed by atoms with Crippen molar-refractivity contribution in [1.82, 2.24) is 10.2 Å². The van der Waals surface area contributed by atoms with E-state index >= 15 is 0 Å². The Morgan fingerprint density at radius 3 is 2.72 bits per heavy atom. The molecule has 0 unspecified atom stereocenters. The average Bonchev–Trinajstić information content (AvgIpc) is 2.59. The first-order valence-electron chi connectivity index (χ1n) is 8.03. The molecule has 2 amide bonds. The number of benzene rings is 1. The van der Waals surface area contributed by atoms with Gasteiger partial charge in [-0.2, -0.15) is 0 Å². The zero-order valence-electron chi connectivity index (χ0n) is 13.9. The van der Waals surface area contributed by atoms with Crippen molar-refractivity contribution in [2.24, 2.45) is 5.92 Å². The van der Waals surface area contributed by atoms with Crippen LogP contribution < -0.4 is 5.32 Å². The summed E-state index contributed by atoms with van der Waals surface area (Å²) in [5, 5.41) is 3.00. The molecule has 0 spiro atoms. The minimum atomic E-state index is -0.674. The summed E-state index contributed by atoms with van der Waals surface area (Å²) in [6.45, 7) is 2.82. The van der Waals surface area contributed by atoms with Crippen LogP contribution in [0.2, 0.25) is 10.0 Å². The standard InChI is InChI=1S/C17H20Cl2N2O4/c1-11-3-2-6-21(9-11)15(22)10-25-16(23)8-20-17(24)12-4-5-13(18)14(19)7-12/h4-5,7,11H,2-3,6,8-10H2,1H3,(H,20,24)/t11-/m1/s1. The fraction of sp³-hybridized carbons (Fsp3) is 0.471. The molecule has 8 heteroatoms. The molecule has 1 N–H and O–H groups in total. The second kappa shape index (κ2) is 9.06. The molecule has 1 atom stereocenters. The van der Waals surface area contributed by atoms with Crippen molar-refractivity contribution in [3.05, 3.63) is 33.8 Å². The number of amides is 2. The fourth-order valence-electron chi connectivity index (χ4n) is 2.59. The first kappa shape index (κ1) is 19.5. The Kier molecular flexibility index (Phi) is 7.08. The molecule has 1 aromatic rings. The number of halogens is 2. The Bertz CT molecular complexity index is 666. The zero-order valence-corrected chi connectivity index (χ0v) is 15.4. The van der Waals surface area contributed by atoms with Gasteiger partial charge in [-0.25, -0.2) is 0 Å². The molecule has 1 heterocycles. The molecule has 0 aliphatic carbocycles. The van der Waals surface area contributed by atoms with Crippen LogP contribution in [0.3, 0.4) is 0 Å². The Hall–Kier alpha value is -1.79. The number of piperidine rings is 1. The molecule has 1 aliphatic rings. The molecule has 0 radical (unpaired) electrons. The van der Waals surface area contributed by atoms with E-state index in [1.54, 1.807) is 4.90 Å². The number of rotatable bonds is 5. The molecule has 1 fully saturated rings. The van der Waals surface area contributed by atoms with Gasteiger partial charge in [0.2, 0.25) is 0 Å². The summed E-state index contributed by atoms with van der Waals surface area (Å²) >= 11 is 11.6. The van der Waals surface area contributed by atoms with Crippen LogP contribution in [0, 0.1) is 5.92 Å². The molecule has 1 aliphatic heterocycles. The lowest BCUT2D eigenvalue weighted by Gasteiger charge is -2.30. The maximum atomic E-state index is 12.0. The molecular formula is C17H20Cl2N2O4. The fourth-order valence-corrected chi connectivity index (χ4v) is 2.89. The van der Waals surface area contributed by atoms with E-state index in [-0.39, 0.29) is 29.6 Å². The normalized spacial score (nSPS) is 17.1. The lowest BCUT2D eigenvalue weighted by molar-refractivity contribution is -0.151. The van der Waals surface area contributed by atoms with Gasteiger partial charge in [0.15, 0.2) is 6.61 Å². The predicted molar refractivity (Wildman–Crippen MR) is 94.7 cm³/mol. The van der Waals surface area contributed by atoms with E-state index in [1.165, 1.54) is 18.2 Å². The van der Waals surface area contributed by atoms with E-state index in [0.29, 0.717) is 24.0 Å². The van der Waals surface area contributed by atoms with Gasteiger partial charge in [0.1, 0.15) is 6.54 Å². The van der Waals surface area contributed by atoms with Crippen molar-refractivity contribution in [2.45, 2.75) is 19.8 Å². The minimum Gasteiger partial charge on any atom is -0.454 e. The first-order valence-corrected chi connectivity index (χ1v) is 8.79. The topological polar surface area (TPSA) is 75.7 Å². The maximum absolute atomic E-state index is 12.0.